The van der Waals surface area contributed by atoms with Crippen molar-refractivity contribution in [1.29, 1.82) is 0 Å². The van der Waals surface area contributed by atoms with Crippen LogP contribution in [0.2, 0.25) is 0 Å². The topological polar surface area (TPSA) is 40.5 Å². The van der Waals surface area contributed by atoms with E-state index >= 15 is 0 Å². The van der Waals surface area contributed by atoms with Crippen molar-refractivity contribution in [2.24, 2.45) is 5.92 Å². The van der Waals surface area contributed by atoms with Gasteiger partial charge in [-0.05, 0) is 13.3 Å². The van der Waals surface area contributed by atoms with E-state index in [0.29, 0.717) is 6.42 Å². The van der Waals surface area contributed by atoms with Crippen LogP contribution in [0.4, 0.5) is 0 Å². The molecule has 0 aliphatic carbocycles. The minimum atomic E-state index is -0.604. The second kappa shape index (κ2) is 5.81. The molecule has 3 heteroatoms. The van der Waals surface area contributed by atoms with Gasteiger partial charge in [0, 0.05) is 14.1 Å². The van der Waals surface area contributed by atoms with Crippen LogP contribution >= 0.6 is 0 Å². The average molecular weight is 199 g/mol. The summed E-state index contributed by atoms with van der Waals surface area (Å²) in [5, 5.41) is 9.79. The molecule has 0 saturated carbocycles. The van der Waals surface area contributed by atoms with Gasteiger partial charge in [0.2, 0.25) is 5.91 Å². The second-order valence-corrected chi connectivity index (χ2v) is 3.91. The highest BCUT2D eigenvalue weighted by molar-refractivity contribution is 5.81. The Balaban J connectivity index is 4.59. The van der Waals surface area contributed by atoms with E-state index in [1.807, 2.05) is 6.92 Å². The van der Waals surface area contributed by atoms with Gasteiger partial charge in [-0.1, -0.05) is 25.5 Å². The zero-order valence-electron chi connectivity index (χ0n) is 9.58. The Morgan fingerprint density at radius 3 is 2.29 bits per heavy atom. The Hall–Kier alpha value is -0.830. The zero-order chi connectivity index (χ0) is 11.3. The third-order valence-electron chi connectivity index (χ3n) is 2.21. The number of nitrogens with zero attached hydrogens (tertiary/aromatic N) is 1. The Kier molecular flexibility index (Phi) is 5.46. The van der Waals surface area contributed by atoms with Crippen molar-refractivity contribution in [3.05, 3.63) is 12.2 Å². The summed E-state index contributed by atoms with van der Waals surface area (Å²) >= 11 is 0. The first-order chi connectivity index (χ1) is 6.41. The first-order valence-corrected chi connectivity index (χ1v) is 4.96. The largest absolute Gasteiger partial charge is 0.392 e. The van der Waals surface area contributed by atoms with Crippen molar-refractivity contribution < 1.29 is 9.90 Å². The second-order valence-electron chi connectivity index (χ2n) is 3.91. The van der Waals surface area contributed by atoms with Gasteiger partial charge in [0.1, 0.15) is 0 Å². The molecular weight excluding hydrogens is 178 g/mol. The molecule has 0 aromatic rings. The number of amides is 1. The summed E-state index contributed by atoms with van der Waals surface area (Å²) in [4.78, 5) is 13.2. The molecule has 0 saturated heterocycles. The molecule has 2 unspecified atom stereocenters. The maximum absolute atomic E-state index is 11.7. The standard InChI is InChI=1S/C11H21NO2/c1-6-7-9(13)10(8(2)3)11(14)12(4)5/h9-10,13H,2,6-7H2,1,3-5H3. The lowest BCUT2D eigenvalue weighted by atomic mass is 9.91. The lowest BCUT2D eigenvalue weighted by Crippen LogP contribution is -2.37. The molecule has 0 aromatic carbocycles. The molecule has 0 rings (SSSR count). The third kappa shape index (κ3) is 3.50. The number of hydrogen-bond acceptors (Lipinski definition) is 2. The van der Waals surface area contributed by atoms with Crippen molar-refractivity contribution in [2.75, 3.05) is 14.1 Å². The molecule has 14 heavy (non-hydrogen) atoms. The van der Waals surface area contributed by atoms with Crippen LogP contribution in [-0.4, -0.2) is 36.1 Å². The molecule has 0 heterocycles. The van der Waals surface area contributed by atoms with E-state index in [0.717, 1.165) is 12.0 Å². The summed E-state index contributed by atoms with van der Waals surface area (Å²) < 4.78 is 0. The molecule has 0 spiro atoms. The fraction of sp³-hybridized carbons (Fsp3) is 0.727. The van der Waals surface area contributed by atoms with E-state index in [2.05, 4.69) is 6.58 Å². The predicted octanol–water partition coefficient (Wildman–Crippen LogP) is 1.43. The molecular formula is C11H21NO2. The van der Waals surface area contributed by atoms with E-state index in [4.69, 9.17) is 0 Å². The van der Waals surface area contributed by atoms with Gasteiger partial charge in [-0.3, -0.25) is 4.79 Å². The van der Waals surface area contributed by atoms with E-state index in [1.54, 1.807) is 21.0 Å². The van der Waals surface area contributed by atoms with Gasteiger partial charge in [-0.25, -0.2) is 0 Å². The summed E-state index contributed by atoms with van der Waals surface area (Å²) in [7, 11) is 3.38. The van der Waals surface area contributed by atoms with Gasteiger partial charge < -0.3 is 10.0 Å². The summed E-state index contributed by atoms with van der Waals surface area (Å²) in [6.45, 7) is 7.52. The first kappa shape index (κ1) is 13.2. The van der Waals surface area contributed by atoms with Crippen molar-refractivity contribution in [3.8, 4) is 0 Å². The Labute approximate surface area is 86.4 Å². The lowest BCUT2D eigenvalue weighted by molar-refractivity contribution is -0.135. The van der Waals surface area contributed by atoms with Crippen LogP contribution in [0.15, 0.2) is 12.2 Å². The van der Waals surface area contributed by atoms with Crippen LogP contribution in [0.5, 0.6) is 0 Å². The Morgan fingerprint density at radius 1 is 1.50 bits per heavy atom. The highest BCUT2D eigenvalue weighted by atomic mass is 16.3. The van der Waals surface area contributed by atoms with E-state index in [9.17, 15) is 9.90 Å². The predicted molar refractivity (Wildman–Crippen MR) is 57.9 cm³/mol. The summed E-state index contributed by atoms with van der Waals surface area (Å²) in [5.74, 6) is -0.525. The minimum absolute atomic E-state index is 0.0709. The molecule has 1 amide bonds. The molecule has 0 radical (unpaired) electrons. The van der Waals surface area contributed by atoms with Gasteiger partial charge in [-0.2, -0.15) is 0 Å². The molecule has 0 aliphatic rings. The van der Waals surface area contributed by atoms with Gasteiger partial charge in [0.25, 0.3) is 0 Å². The van der Waals surface area contributed by atoms with E-state index in [1.165, 1.54) is 4.90 Å². The monoisotopic (exact) mass is 199 g/mol. The number of hydrogen-bond donors (Lipinski definition) is 1. The summed E-state index contributed by atoms with van der Waals surface area (Å²) in [6, 6.07) is 0. The fourth-order valence-corrected chi connectivity index (χ4v) is 1.44. The summed E-state index contributed by atoms with van der Waals surface area (Å²) in [5.41, 5.74) is 0.727. The van der Waals surface area contributed by atoms with Crippen LogP contribution < -0.4 is 0 Å². The van der Waals surface area contributed by atoms with Crippen molar-refractivity contribution in [2.45, 2.75) is 32.8 Å². The molecule has 82 valence electrons. The SMILES string of the molecule is C=C(C)C(C(=O)N(C)C)C(O)CCC. The molecule has 1 N–H and O–H groups in total. The molecule has 0 fully saturated rings. The zero-order valence-corrected chi connectivity index (χ0v) is 9.58. The maximum Gasteiger partial charge on any atom is 0.231 e. The first-order valence-electron chi connectivity index (χ1n) is 4.96. The Bertz CT molecular complexity index is 211. The number of aliphatic hydroxyl groups excluding tert-OH is 1. The smallest absolute Gasteiger partial charge is 0.231 e. The fourth-order valence-electron chi connectivity index (χ4n) is 1.44. The third-order valence-corrected chi connectivity index (χ3v) is 2.21. The quantitative estimate of drug-likeness (QED) is 0.680. The molecule has 0 aliphatic heterocycles. The van der Waals surface area contributed by atoms with Crippen LogP contribution in [-0.2, 0) is 4.79 Å². The van der Waals surface area contributed by atoms with Gasteiger partial charge in [-0.15, -0.1) is 0 Å². The van der Waals surface area contributed by atoms with Crippen LogP contribution in [0.1, 0.15) is 26.7 Å². The molecule has 2 atom stereocenters. The maximum atomic E-state index is 11.7. The van der Waals surface area contributed by atoms with E-state index in [-0.39, 0.29) is 5.91 Å². The van der Waals surface area contributed by atoms with Gasteiger partial charge >= 0.3 is 0 Å². The van der Waals surface area contributed by atoms with Crippen molar-refractivity contribution in [1.82, 2.24) is 4.90 Å². The van der Waals surface area contributed by atoms with E-state index < -0.39 is 12.0 Å². The molecule has 3 nitrogen and oxygen atoms in total. The minimum Gasteiger partial charge on any atom is -0.392 e. The number of rotatable bonds is 5. The van der Waals surface area contributed by atoms with Crippen molar-refractivity contribution >= 4 is 5.91 Å². The van der Waals surface area contributed by atoms with Crippen LogP contribution in [0, 0.1) is 5.92 Å². The van der Waals surface area contributed by atoms with Crippen LogP contribution in [0.3, 0.4) is 0 Å². The average Bonchev–Trinajstić information content (AvgIpc) is 2.03. The lowest BCUT2D eigenvalue weighted by Gasteiger charge is -2.25. The number of carbonyl (C=O) groups excluding carboxylic acids is 1. The summed E-state index contributed by atoms with van der Waals surface area (Å²) in [6.07, 6.45) is 0.898. The molecule has 0 bridgehead atoms. The Morgan fingerprint density at radius 2 is 2.00 bits per heavy atom. The van der Waals surface area contributed by atoms with Crippen molar-refractivity contribution in [3.63, 3.8) is 0 Å². The normalized spacial score (nSPS) is 14.6. The highest BCUT2D eigenvalue weighted by Gasteiger charge is 2.27. The highest BCUT2D eigenvalue weighted by Crippen LogP contribution is 2.19. The van der Waals surface area contributed by atoms with Gasteiger partial charge in [0.15, 0.2) is 0 Å². The van der Waals surface area contributed by atoms with Crippen LogP contribution in [0.25, 0.3) is 0 Å². The number of carbonyl (C=O) groups is 1. The molecule has 0 aromatic heterocycles. The van der Waals surface area contributed by atoms with Gasteiger partial charge in [0.05, 0.1) is 12.0 Å². The number of aliphatic hydroxyl groups is 1.